The minimum atomic E-state index is 0.0266. The third kappa shape index (κ3) is 2.83. The summed E-state index contributed by atoms with van der Waals surface area (Å²) in [4.78, 5) is 3.90. The number of nitrogens with one attached hydrogen (secondary N) is 4. The van der Waals surface area contributed by atoms with Gasteiger partial charge in [-0.1, -0.05) is 16.8 Å². The molecule has 2 rings (SSSR count). The Kier molecular flexibility index (Phi) is 3.80. The van der Waals surface area contributed by atoms with Crippen molar-refractivity contribution in [2.24, 2.45) is 5.22 Å². The highest BCUT2D eigenvalue weighted by Gasteiger charge is 2.12. The van der Waals surface area contributed by atoms with Crippen LogP contribution in [0, 0.1) is 10.9 Å². The Morgan fingerprint density at radius 3 is 2.85 bits per heavy atom. The topological polar surface area (TPSA) is 143 Å². The molecule has 0 saturated carbocycles. The highest BCUT2D eigenvalue weighted by atomic mass is 35.5. The fourth-order valence-electron chi connectivity index (χ4n) is 1.47. The number of benzene rings is 1. The summed E-state index contributed by atoms with van der Waals surface area (Å²) >= 11 is 6.11. The molecule has 1 aromatic heterocycles. The fourth-order valence-corrected chi connectivity index (χ4v) is 1.74. The van der Waals surface area contributed by atoms with Gasteiger partial charge >= 0.3 is 0 Å². The Balaban J connectivity index is 2.21. The van der Waals surface area contributed by atoms with Gasteiger partial charge in [-0.25, -0.2) is 10.1 Å². The quantitative estimate of drug-likeness (QED) is 0.253. The van der Waals surface area contributed by atoms with Crippen molar-refractivity contribution in [2.45, 2.75) is 0 Å². The van der Waals surface area contributed by atoms with Gasteiger partial charge in [0.1, 0.15) is 0 Å². The van der Waals surface area contributed by atoms with E-state index in [2.05, 4.69) is 25.7 Å². The molecule has 20 heavy (non-hydrogen) atoms. The van der Waals surface area contributed by atoms with Crippen molar-refractivity contribution in [2.75, 3.05) is 18.1 Å². The normalized spacial score (nSPS) is 10.1. The van der Waals surface area contributed by atoms with Crippen LogP contribution in [0.15, 0.2) is 23.4 Å². The van der Waals surface area contributed by atoms with Gasteiger partial charge in [0.25, 0.3) is 0 Å². The van der Waals surface area contributed by atoms with Crippen LogP contribution in [0.4, 0.5) is 17.6 Å². The summed E-state index contributed by atoms with van der Waals surface area (Å²) in [5, 5.41) is 21.7. The van der Waals surface area contributed by atoms with E-state index in [1.54, 1.807) is 18.2 Å². The van der Waals surface area contributed by atoms with Gasteiger partial charge in [0.05, 0.1) is 5.02 Å². The summed E-state index contributed by atoms with van der Waals surface area (Å²) in [5.41, 5.74) is 13.4. The molecule has 104 valence electrons. The van der Waals surface area contributed by atoms with E-state index in [-0.39, 0.29) is 11.8 Å². The Morgan fingerprint density at radius 1 is 1.55 bits per heavy atom. The Morgan fingerprint density at radius 2 is 2.30 bits per heavy atom. The highest BCUT2D eigenvalue weighted by molar-refractivity contribution is 6.34. The van der Waals surface area contributed by atoms with E-state index in [4.69, 9.17) is 28.3 Å². The number of halogens is 1. The van der Waals surface area contributed by atoms with E-state index >= 15 is 0 Å². The molecular formula is C10H12ClN9. The maximum absolute atomic E-state index is 7.83. The maximum atomic E-state index is 7.83. The first-order valence-corrected chi connectivity index (χ1v) is 5.83. The van der Waals surface area contributed by atoms with E-state index < -0.39 is 0 Å². The molecule has 9 nitrogen and oxygen atoms in total. The number of nitrogen functional groups attached to an aromatic ring is 1. The lowest BCUT2D eigenvalue weighted by Crippen LogP contribution is -2.20. The van der Waals surface area contributed by atoms with E-state index in [9.17, 15) is 0 Å². The molecule has 0 aliphatic carbocycles. The molecule has 0 aliphatic rings. The zero-order valence-electron chi connectivity index (χ0n) is 10.5. The van der Waals surface area contributed by atoms with Crippen LogP contribution in [0.1, 0.15) is 5.56 Å². The number of anilines is 3. The zero-order chi connectivity index (χ0) is 14.7. The first-order valence-electron chi connectivity index (χ1n) is 5.45. The summed E-state index contributed by atoms with van der Waals surface area (Å²) in [6.45, 7) is 0. The van der Waals surface area contributed by atoms with Crippen LogP contribution in [0.5, 0.6) is 0 Å². The van der Waals surface area contributed by atoms with Crippen LogP contribution < -0.4 is 11.1 Å². The summed E-state index contributed by atoms with van der Waals surface area (Å²) in [6.07, 6.45) is 0. The van der Waals surface area contributed by atoms with Crippen molar-refractivity contribution in [3.63, 3.8) is 0 Å². The molecule has 1 heterocycles. The fraction of sp³-hybridized carbons (Fsp3) is 0.100. The zero-order valence-corrected chi connectivity index (χ0v) is 11.2. The Hall–Kier alpha value is -2.68. The summed E-state index contributed by atoms with van der Waals surface area (Å²) < 4.78 is 0. The Labute approximate surface area is 119 Å². The molecule has 0 amide bonds. The van der Waals surface area contributed by atoms with E-state index in [1.807, 2.05) is 0 Å². The van der Waals surface area contributed by atoms with Gasteiger partial charge in [-0.2, -0.15) is 10.5 Å². The summed E-state index contributed by atoms with van der Waals surface area (Å²) in [5.74, 6) is 0.550. The molecule has 10 heteroatoms. The van der Waals surface area contributed by atoms with Crippen molar-refractivity contribution >= 4 is 35.0 Å². The molecule has 2 aromatic rings. The second-order valence-corrected chi connectivity index (χ2v) is 4.24. The van der Waals surface area contributed by atoms with Crippen molar-refractivity contribution in [3.05, 3.63) is 28.8 Å². The second kappa shape index (κ2) is 5.53. The van der Waals surface area contributed by atoms with Gasteiger partial charge in [0.2, 0.25) is 11.9 Å². The van der Waals surface area contributed by atoms with Crippen LogP contribution >= 0.6 is 11.6 Å². The standard InChI is InChI=1S/C10H12ClN9/c1-20(19-14)8(12)6-3-2-5(4-7(6)11)15-10-16-9(13)17-18-10/h2-4,12,14H,1H3,(H4,13,15,16,17,18). The lowest BCUT2D eigenvalue weighted by atomic mass is 10.2. The number of aromatic nitrogens is 3. The molecule has 0 fully saturated rings. The number of rotatable bonds is 4. The monoisotopic (exact) mass is 293 g/mol. The van der Waals surface area contributed by atoms with Crippen molar-refractivity contribution < 1.29 is 0 Å². The number of aromatic amines is 1. The summed E-state index contributed by atoms with van der Waals surface area (Å²) in [6, 6.07) is 4.97. The maximum Gasteiger partial charge on any atom is 0.248 e. The number of nitrogens with zero attached hydrogens (tertiary/aromatic N) is 4. The van der Waals surface area contributed by atoms with Crippen molar-refractivity contribution in [1.29, 1.82) is 10.9 Å². The lowest BCUT2D eigenvalue weighted by molar-refractivity contribution is 0.486. The van der Waals surface area contributed by atoms with E-state index in [0.29, 0.717) is 22.2 Å². The minimum absolute atomic E-state index is 0.0266. The molecular weight excluding hydrogens is 282 g/mol. The number of hydrogen-bond donors (Lipinski definition) is 5. The highest BCUT2D eigenvalue weighted by Crippen LogP contribution is 2.23. The molecule has 1 aromatic carbocycles. The molecule has 0 saturated heterocycles. The molecule has 0 radical (unpaired) electrons. The third-order valence-electron chi connectivity index (χ3n) is 2.46. The number of H-pyrrole nitrogens is 1. The van der Waals surface area contributed by atoms with Gasteiger partial charge in [-0.15, -0.1) is 5.10 Å². The van der Waals surface area contributed by atoms with E-state index in [1.165, 1.54) is 7.05 Å². The number of hydrogen-bond acceptors (Lipinski definition) is 7. The molecule has 0 aliphatic heterocycles. The van der Waals surface area contributed by atoms with Crippen molar-refractivity contribution in [3.8, 4) is 0 Å². The number of nitrogens with two attached hydrogens (primary N) is 1. The first-order chi connectivity index (χ1) is 9.51. The Bertz CT molecular complexity index is 650. The van der Waals surface area contributed by atoms with Crippen LogP contribution in [-0.4, -0.2) is 33.1 Å². The average molecular weight is 294 g/mol. The van der Waals surface area contributed by atoms with Crippen LogP contribution in [0.2, 0.25) is 5.02 Å². The predicted molar refractivity (Wildman–Crippen MR) is 75.3 cm³/mol. The third-order valence-corrected chi connectivity index (χ3v) is 2.77. The molecule has 0 atom stereocenters. The van der Waals surface area contributed by atoms with Gasteiger partial charge in [0.15, 0.2) is 5.84 Å². The SMILES string of the molecule is CN(N=N)C(=N)c1ccc(Nc2n[nH]c(N)n2)cc1Cl. The van der Waals surface area contributed by atoms with Crippen LogP contribution in [-0.2, 0) is 0 Å². The largest absolute Gasteiger partial charge is 0.368 e. The lowest BCUT2D eigenvalue weighted by Gasteiger charge is -2.13. The first kappa shape index (κ1) is 13.7. The van der Waals surface area contributed by atoms with Gasteiger partial charge in [-0.3, -0.25) is 5.41 Å². The van der Waals surface area contributed by atoms with Crippen molar-refractivity contribution in [1.82, 2.24) is 20.2 Å². The second-order valence-electron chi connectivity index (χ2n) is 3.84. The van der Waals surface area contributed by atoms with Crippen LogP contribution in [0.3, 0.4) is 0 Å². The van der Waals surface area contributed by atoms with Gasteiger partial charge in [-0.05, 0) is 18.2 Å². The molecule has 0 unspecified atom stereocenters. The summed E-state index contributed by atoms with van der Waals surface area (Å²) in [7, 11) is 1.49. The molecule has 0 spiro atoms. The van der Waals surface area contributed by atoms with Crippen LogP contribution in [0.25, 0.3) is 0 Å². The van der Waals surface area contributed by atoms with Gasteiger partial charge < -0.3 is 11.1 Å². The molecule has 6 N–H and O–H groups in total. The predicted octanol–water partition coefficient (Wildman–Crippen LogP) is 1.99. The van der Waals surface area contributed by atoms with Gasteiger partial charge in [0, 0.05) is 18.3 Å². The smallest absolute Gasteiger partial charge is 0.248 e. The molecule has 0 bridgehead atoms. The minimum Gasteiger partial charge on any atom is -0.368 e. The van der Waals surface area contributed by atoms with E-state index in [0.717, 1.165) is 5.01 Å². The average Bonchev–Trinajstić information content (AvgIpc) is 2.82. The number of amidine groups is 1.